The van der Waals surface area contributed by atoms with Crippen LogP contribution in [0.15, 0.2) is 60.1 Å². The van der Waals surface area contributed by atoms with Crippen molar-refractivity contribution >= 4 is 17.4 Å². The van der Waals surface area contributed by atoms with Gasteiger partial charge in [-0.25, -0.2) is 4.79 Å². The molecule has 32 heavy (non-hydrogen) atoms. The van der Waals surface area contributed by atoms with E-state index in [0.717, 1.165) is 23.4 Å². The van der Waals surface area contributed by atoms with Crippen LogP contribution >= 0.6 is 11.3 Å². The normalized spacial score (nSPS) is 32.3. The monoisotopic (exact) mass is 443 g/mol. The molecule has 164 valence electrons. The molecule has 0 saturated heterocycles. The molecular weight excluding hydrogens is 414 g/mol. The highest BCUT2D eigenvalue weighted by molar-refractivity contribution is 7.10. The Balaban J connectivity index is 1.29. The number of carbonyl (C=O) groups is 1. The van der Waals surface area contributed by atoms with Crippen molar-refractivity contribution in [3.8, 4) is 5.69 Å². The van der Waals surface area contributed by atoms with Crippen LogP contribution in [0.2, 0.25) is 0 Å². The molecule has 1 aromatic carbocycles. The number of nitrogens with zero attached hydrogens (tertiary/aromatic N) is 2. The molecule has 3 aromatic rings. The molecule has 1 unspecified atom stereocenters. The van der Waals surface area contributed by atoms with E-state index in [0.29, 0.717) is 6.54 Å². The van der Waals surface area contributed by atoms with Gasteiger partial charge in [0.25, 0.3) is 0 Å². The molecule has 1 N–H and O–H groups in total. The summed E-state index contributed by atoms with van der Waals surface area (Å²) in [5.41, 5.74) is 3.56. The number of benzene rings is 1. The second-order valence-corrected chi connectivity index (χ2v) is 11.6. The van der Waals surface area contributed by atoms with Gasteiger partial charge in [-0.05, 0) is 91.5 Å². The molecule has 4 nitrogen and oxygen atoms in total. The third kappa shape index (κ3) is 2.90. The van der Waals surface area contributed by atoms with Crippen molar-refractivity contribution in [3.05, 3.63) is 76.2 Å². The Morgan fingerprint density at radius 1 is 0.938 bits per heavy atom. The number of carbonyl (C=O) groups excluding carboxylic acids is 1. The fraction of sp³-hybridized carbons (Fsp3) is 0.444. The van der Waals surface area contributed by atoms with Crippen LogP contribution in [0.4, 0.5) is 4.79 Å². The first-order chi connectivity index (χ1) is 15.7. The molecule has 4 bridgehead atoms. The summed E-state index contributed by atoms with van der Waals surface area (Å²) in [6, 6.07) is 17.1. The molecule has 2 aromatic heterocycles. The van der Waals surface area contributed by atoms with Gasteiger partial charge >= 0.3 is 6.03 Å². The van der Waals surface area contributed by atoms with Crippen LogP contribution in [0.1, 0.15) is 60.7 Å². The molecule has 4 aliphatic carbocycles. The number of rotatable bonds is 2. The summed E-state index contributed by atoms with van der Waals surface area (Å²) < 4.78 is 2.28. The van der Waals surface area contributed by atoms with Crippen LogP contribution in [-0.2, 0) is 6.54 Å². The summed E-state index contributed by atoms with van der Waals surface area (Å²) in [5.74, 6) is 2.45. The maximum absolute atomic E-state index is 14.1. The zero-order chi connectivity index (χ0) is 21.3. The highest BCUT2D eigenvalue weighted by Gasteiger charge is 2.52. The number of hydrogen-bond donors (Lipinski definition) is 1. The average Bonchev–Trinajstić information content (AvgIpc) is 3.43. The van der Waals surface area contributed by atoms with E-state index in [1.807, 2.05) is 0 Å². The lowest BCUT2D eigenvalue weighted by atomic mass is 9.53. The van der Waals surface area contributed by atoms with Crippen molar-refractivity contribution in [1.82, 2.24) is 14.8 Å². The third-order valence-corrected chi connectivity index (χ3v) is 9.37. The molecule has 1 aliphatic heterocycles. The average molecular weight is 444 g/mol. The predicted molar refractivity (Wildman–Crippen MR) is 127 cm³/mol. The summed E-state index contributed by atoms with van der Waals surface area (Å²) in [7, 11) is 0. The van der Waals surface area contributed by atoms with Crippen LogP contribution in [0.25, 0.3) is 5.69 Å². The lowest BCUT2D eigenvalue weighted by molar-refractivity contribution is -0.0163. The van der Waals surface area contributed by atoms with Gasteiger partial charge in [0.05, 0.1) is 17.9 Å². The molecule has 1 atom stereocenters. The van der Waals surface area contributed by atoms with Crippen LogP contribution in [0, 0.1) is 17.8 Å². The van der Waals surface area contributed by atoms with E-state index in [2.05, 4.69) is 74.9 Å². The van der Waals surface area contributed by atoms with Gasteiger partial charge in [-0.15, -0.1) is 11.3 Å². The fourth-order valence-corrected chi connectivity index (χ4v) is 8.50. The summed E-state index contributed by atoms with van der Waals surface area (Å²) in [5, 5.41) is 5.77. The van der Waals surface area contributed by atoms with Crippen molar-refractivity contribution in [1.29, 1.82) is 0 Å². The number of hydrogen-bond acceptors (Lipinski definition) is 2. The van der Waals surface area contributed by atoms with Crippen LogP contribution in [0.5, 0.6) is 0 Å². The second-order valence-electron chi connectivity index (χ2n) is 10.6. The molecule has 5 heteroatoms. The molecular formula is C27H29N3OS. The van der Waals surface area contributed by atoms with Gasteiger partial charge in [0.2, 0.25) is 0 Å². The third-order valence-electron chi connectivity index (χ3n) is 8.45. The van der Waals surface area contributed by atoms with Gasteiger partial charge in [0.1, 0.15) is 6.04 Å². The highest BCUT2D eigenvalue weighted by atomic mass is 32.1. The first-order valence-corrected chi connectivity index (χ1v) is 12.9. The Morgan fingerprint density at radius 3 is 2.41 bits per heavy atom. The number of amides is 2. The highest BCUT2D eigenvalue weighted by Crippen LogP contribution is 2.55. The van der Waals surface area contributed by atoms with Crippen molar-refractivity contribution < 1.29 is 4.79 Å². The molecule has 8 rings (SSSR count). The molecule has 0 radical (unpaired) electrons. The van der Waals surface area contributed by atoms with Crippen molar-refractivity contribution in [2.45, 2.75) is 56.7 Å². The second kappa shape index (κ2) is 6.98. The largest absolute Gasteiger partial charge is 0.332 e. The van der Waals surface area contributed by atoms with E-state index in [1.54, 1.807) is 11.3 Å². The van der Waals surface area contributed by atoms with E-state index in [-0.39, 0.29) is 17.6 Å². The Morgan fingerprint density at radius 2 is 1.69 bits per heavy atom. The minimum atomic E-state index is -0.0775. The number of fused-ring (bicyclic) bond motifs is 3. The van der Waals surface area contributed by atoms with E-state index >= 15 is 0 Å². The van der Waals surface area contributed by atoms with Gasteiger partial charge in [-0.2, -0.15) is 0 Å². The van der Waals surface area contributed by atoms with E-state index < -0.39 is 0 Å². The zero-order valence-electron chi connectivity index (χ0n) is 18.2. The summed E-state index contributed by atoms with van der Waals surface area (Å²) in [6.45, 7) is 0.624. The van der Waals surface area contributed by atoms with Crippen LogP contribution in [-0.4, -0.2) is 21.0 Å². The van der Waals surface area contributed by atoms with Gasteiger partial charge in [0.15, 0.2) is 0 Å². The molecule has 5 aliphatic rings. The van der Waals surface area contributed by atoms with Crippen molar-refractivity contribution in [3.63, 3.8) is 0 Å². The SMILES string of the molecule is O=C(NC12CC3CC(CC(C3)C1)C2)N1Cc2ccccc2-n2cccc2C1c1cccs1. The summed E-state index contributed by atoms with van der Waals surface area (Å²) >= 11 is 1.74. The lowest BCUT2D eigenvalue weighted by Crippen LogP contribution is -2.62. The zero-order valence-corrected chi connectivity index (χ0v) is 19.1. The number of thiophene rings is 1. The predicted octanol–water partition coefficient (Wildman–Crippen LogP) is 6.12. The number of aromatic nitrogens is 1. The molecule has 0 spiro atoms. The van der Waals surface area contributed by atoms with Crippen molar-refractivity contribution in [2.75, 3.05) is 0 Å². The first kappa shape index (κ1) is 19.0. The topological polar surface area (TPSA) is 37.3 Å². The molecule has 3 heterocycles. The Kier molecular flexibility index (Phi) is 4.14. The minimum Gasteiger partial charge on any atom is -0.332 e. The molecule has 4 saturated carbocycles. The van der Waals surface area contributed by atoms with Gasteiger partial charge < -0.3 is 14.8 Å². The number of urea groups is 1. The van der Waals surface area contributed by atoms with Crippen LogP contribution in [0.3, 0.4) is 0 Å². The Bertz CT molecular complexity index is 1130. The van der Waals surface area contributed by atoms with Gasteiger partial charge in [-0.3, -0.25) is 0 Å². The Labute approximate surface area is 193 Å². The smallest absolute Gasteiger partial charge is 0.319 e. The summed E-state index contributed by atoms with van der Waals surface area (Å²) in [6.07, 6.45) is 9.82. The number of nitrogens with one attached hydrogen (secondary N) is 1. The van der Waals surface area contributed by atoms with Crippen molar-refractivity contribution in [2.24, 2.45) is 17.8 Å². The van der Waals surface area contributed by atoms with Gasteiger partial charge in [-0.1, -0.05) is 24.3 Å². The maximum atomic E-state index is 14.1. The quantitative estimate of drug-likeness (QED) is 0.509. The van der Waals surface area contributed by atoms with Crippen LogP contribution < -0.4 is 5.32 Å². The van der Waals surface area contributed by atoms with E-state index in [4.69, 9.17) is 0 Å². The fourth-order valence-electron chi connectivity index (χ4n) is 7.65. The molecule has 2 amide bonds. The minimum absolute atomic E-state index is 0.0135. The summed E-state index contributed by atoms with van der Waals surface area (Å²) in [4.78, 5) is 17.4. The lowest BCUT2D eigenvalue weighted by Gasteiger charge is -2.57. The van der Waals surface area contributed by atoms with Gasteiger partial charge in [0, 0.05) is 16.6 Å². The van der Waals surface area contributed by atoms with E-state index in [9.17, 15) is 4.79 Å². The molecule has 4 fully saturated rings. The Hall–Kier alpha value is -2.53. The first-order valence-electron chi connectivity index (χ1n) is 12.1. The van der Waals surface area contributed by atoms with E-state index in [1.165, 1.54) is 54.7 Å². The standard InChI is InChI=1S/C27H29N3OS/c31-26(28-27-14-18-11-19(15-27)13-20(12-18)16-27)30-17-21-5-1-2-6-22(21)29-9-3-7-23(29)25(30)24-8-4-10-32-24/h1-10,18-20,25H,11-17H2,(H,28,31). The maximum Gasteiger partial charge on any atom is 0.319 e. The number of para-hydroxylation sites is 1.